The molecular formula is C17H27NO2S. The molecule has 3 nitrogen and oxygen atoms in total. The van der Waals surface area contributed by atoms with Gasteiger partial charge in [-0.25, -0.2) is 8.42 Å². The standard InChI is InChI=1S/C17H27NO2S/c1-4-12-18-16-15(10-11-17(16,2)3)21(19,20)13-14-8-6-5-7-9-14/h5-9,15-16,18H,4,10-13H2,1-3H3. The van der Waals surface area contributed by atoms with Crippen LogP contribution in [0.3, 0.4) is 0 Å². The van der Waals surface area contributed by atoms with Gasteiger partial charge in [-0.2, -0.15) is 0 Å². The van der Waals surface area contributed by atoms with Crippen molar-refractivity contribution in [2.24, 2.45) is 5.41 Å². The summed E-state index contributed by atoms with van der Waals surface area (Å²) < 4.78 is 25.6. The van der Waals surface area contributed by atoms with Crippen molar-refractivity contribution in [1.82, 2.24) is 5.32 Å². The molecule has 118 valence electrons. The maximum Gasteiger partial charge on any atom is 0.158 e. The molecule has 0 amide bonds. The van der Waals surface area contributed by atoms with Gasteiger partial charge < -0.3 is 5.32 Å². The van der Waals surface area contributed by atoms with Crippen molar-refractivity contribution in [3.8, 4) is 0 Å². The first-order valence-electron chi connectivity index (χ1n) is 7.86. The first-order chi connectivity index (χ1) is 9.87. The lowest BCUT2D eigenvalue weighted by Crippen LogP contribution is -2.48. The molecule has 0 aliphatic heterocycles. The van der Waals surface area contributed by atoms with Crippen LogP contribution >= 0.6 is 0 Å². The molecule has 1 saturated carbocycles. The fourth-order valence-electron chi connectivity index (χ4n) is 3.35. The highest BCUT2D eigenvalue weighted by molar-refractivity contribution is 7.91. The molecule has 1 aliphatic carbocycles. The third kappa shape index (κ3) is 3.86. The van der Waals surface area contributed by atoms with E-state index in [1.165, 1.54) is 0 Å². The zero-order valence-corrected chi connectivity index (χ0v) is 14.1. The highest BCUT2D eigenvalue weighted by Gasteiger charge is 2.47. The predicted molar refractivity (Wildman–Crippen MR) is 88.0 cm³/mol. The van der Waals surface area contributed by atoms with E-state index >= 15 is 0 Å². The largest absolute Gasteiger partial charge is 0.312 e. The van der Waals surface area contributed by atoms with Crippen LogP contribution in [0.1, 0.15) is 45.6 Å². The van der Waals surface area contributed by atoms with Crippen molar-refractivity contribution in [2.75, 3.05) is 6.54 Å². The molecule has 2 unspecified atom stereocenters. The van der Waals surface area contributed by atoms with Crippen molar-refractivity contribution in [1.29, 1.82) is 0 Å². The van der Waals surface area contributed by atoms with Gasteiger partial charge in [-0.1, -0.05) is 51.1 Å². The summed E-state index contributed by atoms with van der Waals surface area (Å²) in [5, 5.41) is 3.22. The van der Waals surface area contributed by atoms with Crippen molar-refractivity contribution in [2.45, 2.75) is 57.1 Å². The third-order valence-corrected chi connectivity index (χ3v) is 6.74. The van der Waals surface area contributed by atoms with Gasteiger partial charge in [0, 0.05) is 6.04 Å². The Hall–Kier alpha value is -0.870. The number of nitrogens with one attached hydrogen (secondary N) is 1. The van der Waals surface area contributed by atoms with Crippen molar-refractivity contribution >= 4 is 9.84 Å². The number of rotatable bonds is 6. The van der Waals surface area contributed by atoms with Crippen LogP contribution in [0.2, 0.25) is 0 Å². The van der Waals surface area contributed by atoms with Crippen LogP contribution in [-0.2, 0) is 15.6 Å². The van der Waals surface area contributed by atoms with E-state index < -0.39 is 9.84 Å². The quantitative estimate of drug-likeness (QED) is 0.878. The number of hydrogen-bond donors (Lipinski definition) is 1. The summed E-state index contributed by atoms with van der Waals surface area (Å²) in [7, 11) is -3.13. The number of sulfone groups is 1. The molecule has 1 aromatic rings. The van der Waals surface area contributed by atoms with Gasteiger partial charge in [-0.3, -0.25) is 0 Å². The Morgan fingerprint density at radius 1 is 1.24 bits per heavy atom. The highest BCUT2D eigenvalue weighted by Crippen LogP contribution is 2.41. The van der Waals surface area contributed by atoms with Crippen LogP contribution in [0.4, 0.5) is 0 Å². The van der Waals surface area contributed by atoms with Gasteiger partial charge in [0.05, 0.1) is 11.0 Å². The second-order valence-corrected chi connectivity index (χ2v) is 9.01. The second-order valence-electron chi connectivity index (χ2n) is 6.79. The maximum atomic E-state index is 12.8. The van der Waals surface area contributed by atoms with Crippen LogP contribution in [0.15, 0.2) is 30.3 Å². The summed E-state index contributed by atoms with van der Waals surface area (Å²) in [6.07, 6.45) is 2.76. The molecule has 1 aliphatic rings. The molecular weight excluding hydrogens is 282 g/mol. The summed E-state index contributed by atoms with van der Waals surface area (Å²) in [4.78, 5) is 0. The molecule has 1 aromatic carbocycles. The zero-order valence-electron chi connectivity index (χ0n) is 13.3. The minimum absolute atomic E-state index is 0.0452. The molecule has 0 saturated heterocycles. The molecule has 0 bridgehead atoms. The Bertz CT molecular complexity index is 551. The van der Waals surface area contributed by atoms with Crippen LogP contribution < -0.4 is 5.32 Å². The molecule has 2 rings (SSSR count). The van der Waals surface area contributed by atoms with E-state index in [0.29, 0.717) is 0 Å². The van der Waals surface area contributed by atoms with Crippen molar-refractivity contribution in [3.05, 3.63) is 35.9 Å². The fraction of sp³-hybridized carbons (Fsp3) is 0.647. The normalized spacial score (nSPS) is 25.1. The molecule has 0 heterocycles. The van der Waals surface area contributed by atoms with Gasteiger partial charge in [0.2, 0.25) is 0 Å². The summed E-state index contributed by atoms with van der Waals surface area (Å²) in [6, 6.07) is 9.57. The highest BCUT2D eigenvalue weighted by atomic mass is 32.2. The van der Waals surface area contributed by atoms with Gasteiger partial charge in [0.25, 0.3) is 0 Å². The topological polar surface area (TPSA) is 46.2 Å². The van der Waals surface area contributed by atoms with Crippen LogP contribution in [-0.4, -0.2) is 26.3 Å². The third-order valence-electron chi connectivity index (χ3n) is 4.57. The van der Waals surface area contributed by atoms with Gasteiger partial charge in [-0.15, -0.1) is 0 Å². The van der Waals surface area contributed by atoms with E-state index in [1.54, 1.807) is 0 Å². The van der Waals surface area contributed by atoms with E-state index in [4.69, 9.17) is 0 Å². The van der Waals surface area contributed by atoms with E-state index in [-0.39, 0.29) is 22.5 Å². The van der Waals surface area contributed by atoms with Crippen molar-refractivity contribution < 1.29 is 8.42 Å². The van der Waals surface area contributed by atoms with Gasteiger partial charge in [0.15, 0.2) is 9.84 Å². The molecule has 0 radical (unpaired) electrons. The van der Waals surface area contributed by atoms with Gasteiger partial charge >= 0.3 is 0 Å². The molecule has 4 heteroatoms. The van der Waals surface area contributed by atoms with Crippen LogP contribution in [0.25, 0.3) is 0 Å². The Morgan fingerprint density at radius 2 is 1.90 bits per heavy atom. The van der Waals surface area contributed by atoms with Gasteiger partial charge in [-0.05, 0) is 36.8 Å². The summed E-state index contributed by atoms with van der Waals surface area (Å²) >= 11 is 0. The molecule has 21 heavy (non-hydrogen) atoms. The van der Waals surface area contributed by atoms with Crippen molar-refractivity contribution in [3.63, 3.8) is 0 Å². The SMILES string of the molecule is CCCNC1C(S(=O)(=O)Cc2ccccc2)CCC1(C)C. The fourth-order valence-corrected chi connectivity index (χ4v) is 5.58. The zero-order chi connectivity index (χ0) is 15.5. The maximum absolute atomic E-state index is 12.8. The first-order valence-corrected chi connectivity index (χ1v) is 9.57. The Morgan fingerprint density at radius 3 is 2.52 bits per heavy atom. The average Bonchev–Trinajstić information content (AvgIpc) is 2.73. The predicted octanol–water partition coefficient (Wildman–Crippen LogP) is 3.16. The smallest absolute Gasteiger partial charge is 0.158 e. The second kappa shape index (κ2) is 6.49. The van der Waals surface area contributed by atoms with Crippen LogP contribution in [0, 0.1) is 5.41 Å². The van der Waals surface area contributed by atoms with Gasteiger partial charge in [0.1, 0.15) is 0 Å². The average molecular weight is 309 g/mol. The number of hydrogen-bond acceptors (Lipinski definition) is 3. The first kappa shape index (κ1) is 16.5. The molecule has 1 N–H and O–H groups in total. The van der Waals surface area contributed by atoms with E-state index in [9.17, 15) is 8.42 Å². The lowest BCUT2D eigenvalue weighted by Gasteiger charge is -2.31. The minimum atomic E-state index is -3.13. The Balaban J connectivity index is 2.18. The summed E-state index contributed by atoms with van der Waals surface area (Å²) in [5.74, 6) is 0.152. The Labute approximate surface area is 129 Å². The minimum Gasteiger partial charge on any atom is -0.312 e. The summed E-state index contributed by atoms with van der Waals surface area (Å²) in [6.45, 7) is 7.35. The van der Waals surface area contributed by atoms with Crippen LogP contribution in [0.5, 0.6) is 0 Å². The molecule has 0 aromatic heterocycles. The molecule has 2 atom stereocenters. The monoisotopic (exact) mass is 309 g/mol. The molecule has 1 fully saturated rings. The van der Waals surface area contributed by atoms with E-state index in [2.05, 4.69) is 26.1 Å². The molecule has 0 spiro atoms. The summed E-state index contributed by atoms with van der Waals surface area (Å²) in [5.41, 5.74) is 0.931. The number of benzene rings is 1. The Kier molecular flexibility index (Phi) is 5.10. The van der Waals surface area contributed by atoms with E-state index in [0.717, 1.165) is 31.4 Å². The lowest BCUT2D eigenvalue weighted by atomic mass is 9.87. The van der Waals surface area contributed by atoms with E-state index in [1.807, 2.05) is 30.3 Å². The lowest BCUT2D eigenvalue weighted by molar-refractivity contribution is 0.285.